The number of amides is 2. The maximum atomic E-state index is 13.3. The maximum absolute atomic E-state index is 13.3. The fraction of sp³-hybridized carbons (Fsp3) is 0.281. The Balaban J connectivity index is 1.43. The molecule has 0 saturated heterocycles. The van der Waals surface area contributed by atoms with Gasteiger partial charge in [-0.3, -0.25) is 14.6 Å². The third-order valence-corrected chi connectivity index (χ3v) is 8.57. The monoisotopic (exact) mass is 592 g/mol. The number of anilines is 1. The molecule has 5 rings (SSSR count). The Morgan fingerprint density at radius 1 is 1.00 bits per heavy atom. The second kappa shape index (κ2) is 11.7. The molecule has 2 aromatic heterocycles. The van der Waals surface area contributed by atoms with Gasteiger partial charge in [-0.2, -0.15) is 13.2 Å². The van der Waals surface area contributed by atoms with Crippen LogP contribution >= 0.6 is 11.3 Å². The Morgan fingerprint density at radius 2 is 1.74 bits per heavy atom. The normalized spacial score (nSPS) is 14.2. The van der Waals surface area contributed by atoms with Crippen molar-refractivity contribution in [3.05, 3.63) is 105 Å². The highest BCUT2D eigenvalue weighted by molar-refractivity contribution is 7.17. The number of nitrogens with one attached hydrogen (secondary N) is 2. The molecule has 0 bridgehead atoms. The zero-order valence-electron chi connectivity index (χ0n) is 23.3. The molecule has 10 heteroatoms. The standard InChI is InChI=1S/C32H31F3N4O2S/c1-31(2)11-9-24-26(16-31)42-30(39-29(41)21-7-3-5-19(13-21)17-36)27(24)25-15-22(10-12-37-25)28(40)38-18-20-6-4-8-23(14-20)32(33,34)35/h3-8,10,12-15H,9,11,16-18,36H2,1-2H3,(H,38,40)(H,39,41). The number of carbonyl (C=O) groups is 2. The lowest BCUT2D eigenvalue weighted by atomic mass is 9.76. The summed E-state index contributed by atoms with van der Waals surface area (Å²) in [6.45, 7) is 4.70. The highest BCUT2D eigenvalue weighted by Gasteiger charge is 2.32. The number of nitrogens with two attached hydrogens (primary N) is 1. The summed E-state index contributed by atoms with van der Waals surface area (Å²) in [5.74, 6) is -0.704. The molecule has 1 aliphatic carbocycles. The van der Waals surface area contributed by atoms with Gasteiger partial charge in [-0.15, -0.1) is 11.3 Å². The summed E-state index contributed by atoms with van der Waals surface area (Å²) in [5, 5.41) is 6.45. The third kappa shape index (κ3) is 6.55. The first-order valence-corrected chi connectivity index (χ1v) is 14.4. The molecule has 42 heavy (non-hydrogen) atoms. The Kier molecular flexibility index (Phi) is 8.21. The lowest BCUT2D eigenvalue weighted by molar-refractivity contribution is -0.137. The van der Waals surface area contributed by atoms with E-state index in [2.05, 4.69) is 29.5 Å². The molecule has 0 atom stereocenters. The van der Waals surface area contributed by atoms with Crippen LogP contribution in [0.4, 0.5) is 18.2 Å². The number of benzene rings is 2. The van der Waals surface area contributed by atoms with Gasteiger partial charge in [0.15, 0.2) is 0 Å². The van der Waals surface area contributed by atoms with Gasteiger partial charge in [0.05, 0.1) is 11.3 Å². The fourth-order valence-electron chi connectivity index (χ4n) is 5.13. The molecule has 2 heterocycles. The van der Waals surface area contributed by atoms with Gasteiger partial charge >= 0.3 is 6.18 Å². The lowest BCUT2D eigenvalue weighted by Gasteiger charge is -2.29. The van der Waals surface area contributed by atoms with E-state index < -0.39 is 17.6 Å². The number of rotatable bonds is 7. The first kappa shape index (κ1) is 29.5. The predicted molar refractivity (Wildman–Crippen MR) is 158 cm³/mol. The van der Waals surface area contributed by atoms with E-state index in [-0.39, 0.29) is 17.9 Å². The molecule has 0 unspecified atom stereocenters. The van der Waals surface area contributed by atoms with Crippen LogP contribution in [0.5, 0.6) is 0 Å². The van der Waals surface area contributed by atoms with E-state index in [1.54, 1.807) is 30.3 Å². The number of alkyl halides is 3. The first-order valence-electron chi connectivity index (χ1n) is 13.6. The van der Waals surface area contributed by atoms with Crippen LogP contribution in [0.15, 0.2) is 66.9 Å². The SMILES string of the molecule is CC1(C)CCc2c(sc(NC(=O)c3cccc(CN)c3)c2-c2cc(C(=O)NCc3cccc(C(F)(F)F)c3)ccn2)C1. The molecule has 1 aliphatic rings. The van der Waals surface area contributed by atoms with E-state index in [1.165, 1.54) is 34.5 Å². The van der Waals surface area contributed by atoms with E-state index >= 15 is 0 Å². The number of aromatic nitrogens is 1. The van der Waals surface area contributed by atoms with E-state index in [9.17, 15) is 22.8 Å². The maximum Gasteiger partial charge on any atom is 0.416 e. The van der Waals surface area contributed by atoms with Crippen LogP contribution in [0.1, 0.15) is 68.1 Å². The Morgan fingerprint density at radius 3 is 2.50 bits per heavy atom. The van der Waals surface area contributed by atoms with Crippen LogP contribution in [-0.4, -0.2) is 16.8 Å². The Bertz CT molecular complexity index is 1640. The Labute approximate surface area is 246 Å². The molecule has 0 radical (unpaired) electrons. The second-order valence-electron chi connectivity index (χ2n) is 11.2. The molecule has 2 aromatic carbocycles. The van der Waals surface area contributed by atoms with Crippen molar-refractivity contribution in [1.82, 2.24) is 10.3 Å². The van der Waals surface area contributed by atoms with Crippen molar-refractivity contribution in [3.8, 4) is 11.3 Å². The molecular weight excluding hydrogens is 561 g/mol. The van der Waals surface area contributed by atoms with Crippen molar-refractivity contribution in [3.63, 3.8) is 0 Å². The van der Waals surface area contributed by atoms with Gasteiger partial charge in [0, 0.05) is 40.9 Å². The second-order valence-corrected chi connectivity index (χ2v) is 12.3. The van der Waals surface area contributed by atoms with E-state index in [1.807, 2.05) is 6.07 Å². The minimum atomic E-state index is -4.46. The molecule has 4 N–H and O–H groups in total. The van der Waals surface area contributed by atoms with Crippen molar-refractivity contribution in [2.24, 2.45) is 11.1 Å². The smallest absolute Gasteiger partial charge is 0.348 e. The molecule has 6 nitrogen and oxygen atoms in total. The number of halogens is 3. The summed E-state index contributed by atoms with van der Waals surface area (Å²) in [6.07, 6.45) is -0.306. The van der Waals surface area contributed by atoms with Crippen LogP contribution < -0.4 is 16.4 Å². The molecule has 0 aliphatic heterocycles. The van der Waals surface area contributed by atoms with Crippen molar-refractivity contribution < 1.29 is 22.8 Å². The van der Waals surface area contributed by atoms with Crippen molar-refractivity contribution in [2.75, 3.05) is 5.32 Å². The average Bonchev–Trinajstić information content (AvgIpc) is 3.31. The quantitative estimate of drug-likeness (QED) is 0.216. The van der Waals surface area contributed by atoms with E-state index in [4.69, 9.17) is 5.73 Å². The average molecular weight is 593 g/mol. The summed E-state index contributed by atoms with van der Waals surface area (Å²) in [4.78, 5) is 32.1. The minimum absolute atomic E-state index is 0.0630. The predicted octanol–water partition coefficient (Wildman–Crippen LogP) is 6.98. The molecule has 218 valence electrons. The topological polar surface area (TPSA) is 97.1 Å². The highest BCUT2D eigenvalue weighted by atomic mass is 32.1. The Hall–Kier alpha value is -4.02. The van der Waals surface area contributed by atoms with Crippen LogP contribution in [-0.2, 0) is 32.1 Å². The molecule has 0 spiro atoms. The highest BCUT2D eigenvalue weighted by Crippen LogP contribution is 2.47. The zero-order chi connectivity index (χ0) is 30.1. The van der Waals surface area contributed by atoms with Crippen LogP contribution in [0.25, 0.3) is 11.3 Å². The van der Waals surface area contributed by atoms with Gasteiger partial charge in [0.2, 0.25) is 0 Å². The number of hydrogen-bond donors (Lipinski definition) is 3. The fourth-order valence-corrected chi connectivity index (χ4v) is 6.64. The number of hydrogen-bond acceptors (Lipinski definition) is 5. The van der Waals surface area contributed by atoms with Gasteiger partial charge in [0.25, 0.3) is 11.8 Å². The van der Waals surface area contributed by atoms with Crippen LogP contribution in [0.3, 0.4) is 0 Å². The van der Waals surface area contributed by atoms with E-state index in [0.29, 0.717) is 33.9 Å². The van der Waals surface area contributed by atoms with Gasteiger partial charge in [-0.05, 0) is 77.8 Å². The summed E-state index contributed by atoms with van der Waals surface area (Å²) >= 11 is 1.53. The van der Waals surface area contributed by atoms with E-state index in [0.717, 1.165) is 48.1 Å². The van der Waals surface area contributed by atoms with Crippen LogP contribution in [0, 0.1) is 5.41 Å². The summed E-state index contributed by atoms with van der Waals surface area (Å²) in [7, 11) is 0. The molecule has 4 aromatic rings. The van der Waals surface area contributed by atoms with Crippen LogP contribution in [0.2, 0.25) is 0 Å². The number of pyridine rings is 1. The van der Waals surface area contributed by atoms with Crippen molar-refractivity contribution >= 4 is 28.2 Å². The molecule has 2 amide bonds. The van der Waals surface area contributed by atoms with Gasteiger partial charge in [-0.1, -0.05) is 38.1 Å². The first-order chi connectivity index (χ1) is 19.9. The van der Waals surface area contributed by atoms with Gasteiger partial charge in [-0.25, -0.2) is 0 Å². The summed E-state index contributed by atoms with van der Waals surface area (Å²) in [5.41, 5.74) is 9.56. The number of thiophene rings is 1. The molecule has 0 fully saturated rings. The van der Waals surface area contributed by atoms with Gasteiger partial charge in [0.1, 0.15) is 5.00 Å². The van der Waals surface area contributed by atoms with Crippen molar-refractivity contribution in [1.29, 1.82) is 0 Å². The summed E-state index contributed by atoms with van der Waals surface area (Å²) in [6, 6.07) is 15.2. The number of fused-ring (bicyclic) bond motifs is 1. The lowest BCUT2D eigenvalue weighted by Crippen LogP contribution is -2.23. The minimum Gasteiger partial charge on any atom is -0.348 e. The summed E-state index contributed by atoms with van der Waals surface area (Å²) < 4.78 is 39.3. The number of nitrogens with zero attached hydrogens (tertiary/aromatic N) is 1. The molecule has 0 saturated carbocycles. The largest absolute Gasteiger partial charge is 0.416 e. The van der Waals surface area contributed by atoms with Crippen molar-refractivity contribution in [2.45, 2.75) is 52.4 Å². The van der Waals surface area contributed by atoms with Gasteiger partial charge < -0.3 is 16.4 Å². The molecular formula is C32H31F3N4O2S. The zero-order valence-corrected chi connectivity index (χ0v) is 24.1. The third-order valence-electron chi connectivity index (χ3n) is 7.42. The number of carbonyl (C=O) groups excluding carboxylic acids is 2.